The summed E-state index contributed by atoms with van der Waals surface area (Å²) in [7, 11) is -3.45. The molecule has 1 aromatic heterocycles. The van der Waals surface area contributed by atoms with E-state index in [1.807, 2.05) is 6.92 Å². The van der Waals surface area contributed by atoms with Crippen molar-refractivity contribution in [3.8, 4) is 0 Å². The van der Waals surface area contributed by atoms with Crippen LogP contribution in [0.2, 0.25) is 0 Å². The Morgan fingerprint density at radius 2 is 2.24 bits per heavy atom. The zero-order valence-corrected chi connectivity index (χ0v) is 13.7. The van der Waals surface area contributed by atoms with Crippen LogP contribution in [0.15, 0.2) is 17.3 Å². The number of hydrogen-bond acceptors (Lipinski definition) is 4. The summed E-state index contributed by atoms with van der Waals surface area (Å²) in [6, 6.07) is 0.0591. The zero-order chi connectivity index (χ0) is 15.3. The molecular weight excluding hydrogens is 288 g/mol. The molecule has 0 aliphatic heterocycles. The fourth-order valence-corrected chi connectivity index (χ4v) is 4.04. The van der Waals surface area contributed by atoms with Gasteiger partial charge in [-0.1, -0.05) is 26.7 Å². The quantitative estimate of drug-likeness (QED) is 0.745. The van der Waals surface area contributed by atoms with Gasteiger partial charge in [0.25, 0.3) is 0 Å². The molecule has 1 aromatic rings. The minimum atomic E-state index is -3.45. The Hall–Kier alpha value is -0.920. The van der Waals surface area contributed by atoms with Gasteiger partial charge in [-0.3, -0.25) is 4.68 Å². The summed E-state index contributed by atoms with van der Waals surface area (Å²) in [6.07, 6.45) is 7.18. The number of nitrogens with one attached hydrogen (secondary N) is 2. The van der Waals surface area contributed by atoms with Crippen molar-refractivity contribution < 1.29 is 8.42 Å². The first-order valence-electron chi connectivity index (χ1n) is 7.76. The van der Waals surface area contributed by atoms with E-state index in [1.54, 1.807) is 10.9 Å². The topological polar surface area (TPSA) is 76.0 Å². The number of aromatic nitrogens is 2. The molecular formula is C14H26N4O2S. The second kappa shape index (κ2) is 7.38. The van der Waals surface area contributed by atoms with Gasteiger partial charge in [0.05, 0.1) is 12.7 Å². The third kappa shape index (κ3) is 4.79. The molecule has 2 rings (SSSR count). The van der Waals surface area contributed by atoms with Crippen LogP contribution in [0.5, 0.6) is 0 Å². The van der Waals surface area contributed by atoms with Crippen molar-refractivity contribution in [3.05, 3.63) is 12.4 Å². The number of hydrogen-bond donors (Lipinski definition) is 2. The highest BCUT2D eigenvalue weighted by atomic mass is 32.2. The fraction of sp³-hybridized carbons (Fsp3) is 0.786. The minimum absolute atomic E-state index is 0.0591. The third-order valence-electron chi connectivity index (χ3n) is 3.95. The largest absolute Gasteiger partial charge is 0.315 e. The summed E-state index contributed by atoms with van der Waals surface area (Å²) in [5.74, 6) is 0.592. The van der Waals surface area contributed by atoms with Crippen molar-refractivity contribution in [2.45, 2.75) is 57.0 Å². The van der Waals surface area contributed by atoms with Gasteiger partial charge >= 0.3 is 0 Å². The van der Waals surface area contributed by atoms with Crippen LogP contribution in [0.1, 0.15) is 39.5 Å². The van der Waals surface area contributed by atoms with Crippen LogP contribution in [0, 0.1) is 5.92 Å². The molecule has 120 valence electrons. The van der Waals surface area contributed by atoms with Crippen LogP contribution in [0.4, 0.5) is 0 Å². The summed E-state index contributed by atoms with van der Waals surface area (Å²) in [6.45, 7) is 6.57. The summed E-state index contributed by atoms with van der Waals surface area (Å²) < 4.78 is 29.2. The van der Waals surface area contributed by atoms with E-state index in [2.05, 4.69) is 22.1 Å². The molecule has 1 aliphatic carbocycles. The molecule has 0 radical (unpaired) electrons. The van der Waals surface area contributed by atoms with Gasteiger partial charge in [-0.2, -0.15) is 5.10 Å². The number of nitrogens with zero attached hydrogens (tertiary/aromatic N) is 2. The van der Waals surface area contributed by atoms with Crippen LogP contribution >= 0.6 is 0 Å². The minimum Gasteiger partial charge on any atom is -0.315 e. The first kappa shape index (κ1) is 16.5. The number of rotatable bonds is 7. The average Bonchev–Trinajstić information content (AvgIpc) is 2.88. The Balaban J connectivity index is 1.95. The van der Waals surface area contributed by atoms with Crippen LogP contribution in [-0.4, -0.2) is 37.3 Å². The summed E-state index contributed by atoms with van der Waals surface area (Å²) in [5, 5.41) is 7.31. The molecule has 2 N–H and O–H groups in total. The molecule has 1 fully saturated rings. The van der Waals surface area contributed by atoms with Gasteiger partial charge in [0.2, 0.25) is 10.0 Å². The van der Waals surface area contributed by atoms with E-state index in [0.717, 1.165) is 32.4 Å². The Kier molecular flexibility index (Phi) is 5.78. The molecule has 0 bridgehead atoms. The van der Waals surface area contributed by atoms with Crippen molar-refractivity contribution in [2.24, 2.45) is 5.92 Å². The van der Waals surface area contributed by atoms with Crippen LogP contribution < -0.4 is 10.0 Å². The van der Waals surface area contributed by atoms with Crippen molar-refractivity contribution in [2.75, 3.05) is 13.1 Å². The maximum Gasteiger partial charge on any atom is 0.243 e. The van der Waals surface area contributed by atoms with Crippen LogP contribution in [-0.2, 0) is 16.6 Å². The SMILES string of the molecule is CCNCCn1cc(S(=O)(=O)NC2CCCC(C)C2)cn1. The maximum absolute atomic E-state index is 12.4. The molecule has 21 heavy (non-hydrogen) atoms. The van der Waals surface area contributed by atoms with E-state index in [0.29, 0.717) is 12.5 Å². The first-order valence-corrected chi connectivity index (χ1v) is 9.25. The predicted molar refractivity (Wildman–Crippen MR) is 82.5 cm³/mol. The molecule has 6 nitrogen and oxygen atoms in total. The maximum atomic E-state index is 12.4. The van der Waals surface area contributed by atoms with Crippen molar-refractivity contribution >= 4 is 10.0 Å². The predicted octanol–water partition coefficient (Wildman–Crippen LogP) is 1.35. The standard InChI is InChI=1S/C14H26N4O2S/c1-3-15-7-8-18-11-14(10-16-18)21(19,20)17-13-6-4-5-12(2)9-13/h10-13,15,17H,3-9H2,1-2H3. The lowest BCUT2D eigenvalue weighted by Crippen LogP contribution is -2.37. The zero-order valence-electron chi connectivity index (χ0n) is 12.9. The first-order chi connectivity index (χ1) is 10.0. The molecule has 0 spiro atoms. The van der Waals surface area contributed by atoms with E-state index in [4.69, 9.17) is 0 Å². The van der Waals surface area contributed by atoms with Crippen molar-refractivity contribution in [3.63, 3.8) is 0 Å². The van der Waals surface area contributed by atoms with Gasteiger partial charge in [0.15, 0.2) is 0 Å². The van der Waals surface area contributed by atoms with Crippen LogP contribution in [0.3, 0.4) is 0 Å². The molecule has 1 aliphatic rings. The Labute approximate surface area is 127 Å². The average molecular weight is 314 g/mol. The molecule has 1 heterocycles. The van der Waals surface area contributed by atoms with E-state index in [1.165, 1.54) is 12.6 Å². The molecule has 7 heteroatoms. The normalized spacial score (nSPS) is 23.3. The second-order valence-electron chi connectivity index (χ2n) is 5.88. The van der Waals surface area contributed by atoms with E-state index < -0.39 is 10.0 Å². The fourth-order valence-electron chi connectivity index (χ4n) is 2.80. The van der Waals surface area contributed by atoms with Crippen molar-refractivity contribution in [1.82, 2.24) is 19.8 Å². The van der Waals surface area contributed by atoms with Gasteiger partial charge in [-0.15, -0.1) is 0 Å². The highest BCUT2D eigenvalue weighted by Crippen LogP contribution is 2.24. The lowest BCUT2D eigenvalue weighted by molar-refractivity contribution is 0.327. The third-order valence-corrected chi connectivity index (χ3v) is 5.42. The number of likely N-dealkylation sites (N-methyl/N-ethyl adjacent to an activating group) is 1. The highest BCUT2D eigenvalue weighted by Gasteiger charge is 2.25. The van der Waals surface area contributed by atoms with E-state index in [-0.39, 0.29) is 10.9 Å². The lowest BCUT2D eigenvalue weighted by atomic mass is 9.88. The van der Waals surface area contributed by atoms with Gasteiger partial charge in [-0.25, -0.2) is 13.1 Å². The van der Waals surface area contributed by atoms with Gasteiger partial charge in [-0.05, 0) is 25.3 Å². The van der Waals surface area contributed by atoms with E-state index in [9.17, 15) is 8.42 Å². The molecule has 0 amide bonds. The second-order valence-corrected chi connectivity index (χ2v) is 7.60. The van der Waals surface area contributed by atoms with Gasteiger partial charge in [0.1, 0.15) is 4.90 Å². The lowest BCUT2D eigenvalue weighted by Gasteiger charge is -2.26. The van der Waals surface area contributed by atoms with Gasteiger partial charge < -0.3 is 5.32 Å². The molecule has 0 saturated heterocycles. The summed E-state index contributed by atoms with van der Waals surface area (Å²) in [4.78, 5) is 0.261. The molecule has 2 unspecified atom stereocenters. The van der Waals surface area contributed by atoms with Crippen LogP contribution in [0.25, 0.3) is 0 Å². The van der Waals surface area contributed by atoms with E-state index >= 15 is 0 Å². The van der Waals surface area contributed by atoms with Crippen molar-refractivity contribution in [1.29, 1.82) is 0 Å². The Morgan fingerprint density at radius 3 is 2.95 bits per heavy atom. The molecule has 0 aromatic carbocycles. The number of sulfonamides is 1. The highest BCUT2D eigenvalue weighted by molar-refractivity contribution is 7.89. The summed E-state index contributed by atoms with van der Waals surface area (Å²) >= 11 is 0. The Morgan fingerprint density at radius 1 is 1.43 bits per heavy atom. The molecule has 1 saturated carbocycles. The molecule has 2 atom stereocenters. The Bertz CT molecular complexity index is 541. The smallest absolute Gasteiger partial charge is 0.243 e. The monoisotopic (exact) mass is 314 g/mol. The van der Waals surface area contributed by atoms with Gasteiger partial charge in [0, 0.05) is 18.8 Å². The summed E-state index contributed by atoms with van der Waals surface area (Å²) in [5.41, 5.74) is 0.